The number of aliphatic hydroxyl groups excluding tert-OH is 1. The van der Waals surface area contributed by atoms with Crippen molar-refractivity contribution < 1.29 is 10.2 Å². The number of rotatable bonds is 1. The van der Waals surface area contributed by atoms with Crippen LogP contribution in [0.1, 0.15) is 25.7 Å². The lowest BCUT2D eigenvalue weighted by Gasteiger charge is -2.13. The maximum atomic E-state index is 11.0. The Morgan fingerprint density at radius 1 is 1.38 bits per heavy atom. The van der Waals surface area contributed by atoms with Gasteiger partial charge in [-0.1, -0.05) is 12.8 Å². The summed E-state index contributed by atoms with van der Waals surface area (Å²) in [6, 6.07) is 0. The highest BCUT2D eigenvalue weighted by Crippen LogP contribution is 2.28. The highest BCUT2D eigenvalue weighted by atomic mass is 16.3. The summed E-state index contributed by atoms with van der Waals surface area (Å²) in [5, 5.41) is 19.5. The van der Waals surface area contributed by atoms with E-state index in [0.29, 0.717) is 12.8 Å². The Hall–Kier alpha value is -0.0800. The van der Waals surface area contributed by atoms with E-state index in [4.69, 9.17) is 5.11 Å². The average Bonchev–Trinajstić information content (AvgIpc) is 2.17. The molecule has 0 aliphatic heterocycles. The van der Waals surface area contributed by atoms with E-state index in [0.717, 1.165) is 12.8 Å². The second-order valence-electron chi connectivity index (χ2n) is 2.55. The zero-order chi connectivity index (χ0) is 6.04. The molecule has 1 N–H and O–H groups in total. The van der Waals surface area contributed by atoms with E-state index in [9.17, 15) is 5.11 Å². The number of hydrogen-bond acceptors (Lipinski definition) is 1. The third kappa shape index (κ3) is 1.01. The third-order valence-electron chi connectivity index (χ3n) is 1.80. The zero-order valence-electron chi connectivity index (χ0n) is 4.89. The maximum absolute atomic E-state index is 11.0. The van der Waals surface area contributed by atoms with Gasteiger partial charge >= 0.3 is 0 Å². The molecule has 0 unspecified atom stereocenters. The van der Waals surface area contributed by atoms with Crippen LogP contribution in [-0.4, -0.2) is 17.3 Å². The van der Waals surface area contributed by atoms with Gasteiger partial charge in [0.15, 0.2) is 0 Å². The van der Waals surface area contributed by atoms with Gasteiger partial charge in [0.25, 0.3) is 0 Å². The minimum absolute atomic E-state index is 0.174. The lowest BCUT2D eigenvalue weighted by atomic mass is 10.1. The SMILES string of the molecule is [O]C1(CO)CCCC1. The molecular formula is C6H11O2. The number of aliphatic hydroxyl groups is 1. The topological polar surface area (TPSA) is 40.1 Å². The van der Waals surface area contributed by atoms with E-state index in [1.165, 1.54) is 0 Å². The van der Waals surface area contributed by atoms with Crippen LogP contribution in [0.2, 0.25) is 0 Å². The highest BCUT2D eigenvalue weighted by Gasteiger charge is 2.31. The van der Waals surface area contributed by atoms with Crippen molar-refractivity contribution in [1.29, 1.82) is 0 Å². The molecule has 2 heteroatoms. The van der Waals surface area contributed by atoms with E-state index < -0.39 is 5.60 Å². The standard InChI is InChI=1S/C6H11O2/c7-5-6(8)3-1-2-4-6/h7H,1-5H2. The summed E-state index contributed by atoms with van der Waals surface area (Å²) in [6.45, 7) is -0.174. The van der Waals surface area contributed by atoms with Gasteiger partial charge in [0.2, 0.25) is 0 Å². The Morgan fingerprint density at radius 3 is 2.12 bits per heavy atom. The molecule has 0 amide bonds. The predicted octanol–water partition coefficient (Wildman–Crippen LogP) is 0.722. The van der Waals surface area contributed by atoms with Crippen LogP contribution in [0.5, 0.6) is 0 Å². The molecule has 8 heavy (non-hydrogen) atoms. The van der Waals surface area contributed by atoms with Crippen molar-refractivity contribution in [2.24, 2.45) is 0 Å². The van der Waals surface area contributed by atoms with Crippen LogP contribution in [0.4, 0.5) is 0 Å². The quantitative estimate of drug-likeness (QED) is 0.537. The van der Waals surface area contributed by atoms with Gasteiger partial charge in [-0.2, -0.15) is 0 Å². The summed E-state index contributed by atoms with van der Waals surface area (Å²) >= 11 is 0. The van der Waals surface area contributed by atoms with Gasteiger partial charge in [0, 0.05) is 0 Å². The van der Waals surface area contributed by atoms with Crippen molar-refractivity contribution in [3.8, 4) is 0 Å². The summed E-state index contributed by atoms with van der Waals surface area (Å²) in [5.41, 5.74) is -0.958. The molecule has 1 saturated carbocycles. The largest absolute Gasteiger partial charge is 0.393 e. The van der Waals surface area contributed by atoms with Gasteiger partial charge in [-0.05, 0) is 12.8 Å². The van der Waals surface area contributed by atoms with E-state index in [1.54, 1.807) is 0 Å². The summed E-state index contributed by atoms with van der Waals surface area (Å²) in [6.07, 6.45) is 3.35. The third-order valence-corrected chi connectivity index (χ3v) is 1.80. The lowest BCUT2D eigenvalue weighted by Crippen LogP contribution is -2.26. The van der Waals surface area contributed by atoms with E-state index >= 15 is 0 Å². The second kappa shape index (κ2) is 2.03. The molecule has 0 saturated heterocycles. The van der Waals surface area contributed by atoms with Gasteiger partial charge in [-0.25, -0.2) is 5.11 Å². The summed E-state index contributed by atoms with van der Waals surface area (Å²) in [5.74, 6) is 0. The van der Waals surface area contributed by atoms with Crippen LogP contribution in [-0.2, 0) is 5.11 Å². The minimum atomic E-state index is -0.958. The number of hydrogen-bond donors (Lipinski definition) is 1. The molecule has 1 aliphatic rings. The fraction of sp³-hybridized carbons (Fsp3) is 1.00. The van der Waals surface area contributed by atoms with Crippen LogP contribution >= 0.6 is 0 Å². The predicted molar refractivity (Wildman–Crippen MR) is 29.0 cm³/mol. The van der Waals surface area contributed by atoms with Crippen LogP contribution < -0.4 is 0 Å². The Balaban J connectivity index is 2.40. The lowest BCUT2D eigenvalue weighted by molar-refractivity contribution is -0.0641. The van der Waals surface area contributed by atoms with Crippen molar-refractivity contribution in [1.82, 2.24) is 0 Å². The summed E-state index contributed by atoms with van der Waals surface area (Å²) in [7, 11) is 0. The monoisotopic (exact) mass is 115 g/mol. The van der Waals surface area contributed by atoms with Gasteiger partial charge in [0.1, 0.15) is 5.60 Å². The van der Waals surface area contributed by atoms with E-state index in [2.05, 4.69) is 0 Å². The van der Waals surface area contributed by atoms with Crippen molar-refractivity contribution in [3.63, 3.8) is 0 Å². The summed E-state index contributed by atoms with van der Waals surface area (Å²) < 4.78 is 0. The first-order valence-electron chi connectivity index (χ1n) is 3.08. The molecule has 1 radical (unpaired) electrons. The van der Waals surface area contributed by atoms with E-state index in [1.807, 2.05) is 0 Å². The highest BCUT2D eigenvalue weighted by molar-refractivity contribution is 4.82. The fourth-order valence-electron chi connectivity index (χ4n) is 1.18. The molecule has 1 aliphatic carbocycles. The van der Waals surface area contributed by atoms with Gasteiger partial charge < -0.3 is 5.11 Å². The van der Waals surface area contributed by atoms with Gasteiger partial charge in [-0.15, -0.1) is 0 Å². The second-order valence-corrected chi connectivity index (χ2v) is 2.55. The molecule has 1 rings (SSSR count). The Bertz CT molecular complexity index is 74.6. The molecule has 0 bridgehead atoms. The Labute approximate surface area is 49.1 Å². The fourth-order valence-corrected chi connectivity index (χ4v) is 1.18. The van der Waals surface area contributed by atoms with Crippen LogP contribution in [0.15, 0.2) is 0 Å². The molecule has 0 spiro atoms. The maximum Gasteiger partial charge on any atom is 0.126 e. The first-order chi connectivity index (χ1) is 3.77. The average molecular weight is 115 g/mol. The molecule has 1 fully saturated rings. The van der Waals surface area contributed by atoms with Crippen molar-refractivity contribution >= 4 is 0 Å². The van der Waals surface area contributed by atoms with Crippen LogP contribution in [0.3, 0.4) is 0 Å². The van der Waals surface area contributed by atoms with Crippen molar-refractivity contribution in [3.05, 3.63) is 0 Å². The van der Waals surface area contributed by atoms with Gasteiger partial charge in [0.05, 0.1) is 6.61 Å². The molecule has 0 heterocycles. The molecule has 0 aromatic rings. The summed E-state index contributed by atoms with van der Waals surface area (Å²) in [4.78, 5) is 0. The first kappa shape index (κ1) is 6.05. The molecule has 0 aromatic heterocycles. The van der Waals surface area contributed by atoms with Crippen LogP contribution in [0, 0.1) is 0 Å². The molecule has 2 nitrogen and oxygen atoms in total. The minimum Gasteiger partial charge on any atom is -0.393 e. The molecule has 0 atom stereocenters. The first-order valence-corrected chi connectivity index (χ1v) is 3.08. The Kier molecular flexibility index (Phi) is 1.54. The van der Waals surface area contributed by atoms with Crippen molar-refractivity contribution in [2.75, 3.05) is 6.61 Å². The molecular weight excluding hydrogens is 104 g/mol. The smallest absolute Gasteiger partial charge is 0.126 e. The van der Waals surface area contributed by atoms with Crippen molar-refractivity contribution in [2.45, 2.75) is 31.3 Å². The van der Waals surface area contributed by atoms with E-state index in [-0.39, 0.29) is 6.61 Å². The zero-order valence-corrected chi connectivity index (χ0v) is 4.89. The molecule has 47 valence electrons. The normalized spacial score (nSPS) is 26.2. The van der Waals surface area contributed by atoms with Gasteiger partial charge in [-0.3, -0.25) is 0 Å². The van der Waals surface area contributed by atoms with Crippen LogP contribution in [0.25, 0.3) is 0 Å². The molecule has 0 aromatic carbocycles. The Morgan fingerprint density at radius 2 is 1.88 bits per heavy atom.